The molecule has 0 aromatic heterocycles. The van der Waals surface area contributed by atoms with Crippen LogP contribution in [0.4, 0.5) is 0 Å². The summed E-state index contributed by atoms with van der Waals surface area (Å²) in [5, 5.41) is 54.4. The smallest absolute Gasteiger partial charge is 0.220 e. The van der Waals surface area contributed by atoms with Gasteiger partial charge in [-0.1, -0.05) is 236 Å². The lowest BCUT2D eigenvalue weighted by atomic mass is 9.99. The number of aliphatic hydroxyl groups is 5. The molecule has 0 aromatic rings. The topological polar surface area (TPSA) is 149 Å². The molecule has 6 N–H and O–H groups in total. The number of unbranched alkanes of at least 4 members (excludes halogenated alkanes) is 33. The highest BCUT2D eigenvalue weighted by molar-refractivity contribution is 5.76. The van der Waals surface area contributed by atoms with Gasteiger partial charge in [-0.05, 0) is 70.6 Å². The third-order valence-electron chi connectivity index (χ3n) is 13.6. The van der Waals surface area contributed by atoms with E-state index in [-0.39, 0.29) is 12.5 Å². The summed E-state index contributed by atoms with van der Waals surface area (Å²) in [4.78, 5) is 13.0. The molecule has 1 aliphatic heterocycles. The van der Waals surface area contributed by atoms with Crippen LogP contribution >= 0.6 is 0 Å². The predicted octanol–water partition coefficient (Wildman–Crippen LogP) is 14.1. The number of allylic oxidation sites excluding steroid dienone is 7. The fourth-order valence-corrected chi connectivity index (χ4v) is 9.01. The molecule has 0 saturated carbocycles. The van der Waals surface area contributed by atoms with E-state index in [2.05, 4.69) is 55.6 Å². The van der Waals surface area contributed by atoms with Gasteiger partial charge in [0.1, 0.15) is 24.4 Å². The normalized spacial score (nSPS) is 19.9. The van der Waals surface area contributed by atoms with Gasteiger partial charge in [0.2, 0.25) is 5.91 Å². The standard InChI is InChI=1S/C59H109NO8/c1-3-5-7-9-11-13-15-17-19-21-23-24-25-26-27-28-29-30-31-32-34-36-38-40-42-44-46-48-53(62)52(51-67-59-58(66)57(65)56(64)54(50-61)68-59)60-55(63)49-47-45-43-41-39-37-35-33-22-20-18-16-14-12-10-8-6-4-2/h20,22,31-32,38,40,46,48,52-54,56-59,61-62,64-66H,3-19,21,23-30,33-37,39,41-45,47,49-51H2,1-2H3,(H,60,63)/b22-20-,32-31+,40-38+,48-46+. The third kappa shape index (κ3) is 37.9. The summed E-state index contributed by atoms with van der Waals surface area (Å²) in [6.45, 7) is 3.77. The second-order valence-electron chi connectivity index (χ2n) is 20.1. The molecule has 1 heterocycles. The molecule has 1 fully saturated rings. The molecule has 68 heavy (non-hydrogen) atoms. The van der Waals surface area contributed by atoms with Crippen LogP contribution in [0.25, 0.3) is 0 Å². The monoisotopic (exact) mass is 960 g/mol. The molecule has 0 spiro atoms. The van der Waals surface area contributed by atoms with E-state index in [1.807, 2.05) is 6.08 Å². The summed E-state index contributed by atoms with van der Waals surface area (Å²) < 4.78 is 11.2. The molecule has 0 bridgehead atoms. The number of rotatable bonds is 49. The maximum Gasteiger partial charge on any atom is 0.220 e. The van der Waals surface area contributed by atoms with E-state index >= 15 is 0 Å². The van der Waals surface area contributed by atoms with Crippen molar-refractivity contribution in [3.63, 3.8) is 0 Å². The highest BCUT2D eigenvalue weighted by atomic mass is 16.7. The molecule has 9 heteroatoms. The molecule has 1 amide bonds. The fourth-order valence-electron chi connectivity index (χ4n) is 9.01. The Morgan fingerprint density at radius 1 is 0.485 bits per heavy atom. The van der Waals surface area contributed by atoms with Gasteiger partial charge >= 0.3 is 0 Å². The highest BCUT2D eigenvalue weighted by Gasteiger charge is 2.44. The Morgan fingerprint density at radius 2 is 0.838 bits per heavy atom. The molecule has 9 nitrogen and oxygen atoms in total. The molecule has 1 aliphatic rings. The van der Waals surface area contributed by atoms with Crippen LogP contribution in [0.2, 0.25) is 0 Å². The molecule has 0 radical (unpaired) electrons. The zero-order valence-corrected chi connectivity index (χ0v) is 44.1. The van der Waals surface area contributed by atoms with Crippen molar-refractivity contribution in [1.29, 1.82) is 0 Å². The van der Waals surface area contributed by atoms with E-state index in [4.69, 9.17) is 9.47 Å². The molecule has 0 aromatic carbocycles. The number of amides is 1. The molecule has 398 valence electrons. The largest absolute Gasteiger partial charge is 0.394 e. The summed E-state index contributed by atoms with van der Waals surface area (Å²) in [6.07, 6.45) is 57.5. The first kappa shape index (κ1) is 64.2. The Labute approximate surface area is 418 Å². The van der Waals surface area contributed by atoms with E-state index in [9.17, 15) is 30.3 Å². The number of ether oxygens (including phenoxy) is 2. The average molecular weight is 961 g/mol. The minimum absolute atomic E-state index is 0.194. The number of hydrogen-bond acceptors (Lipinski definition) is 8. The van der Waals surface area contributed by atoms with Crippen LogP contribution in [0.5, 0.6) is 0 Å². The minimum Gasteiger partial charge on any atom is -0.394 e. The van der Waals surface area contributed by atoms with Gasteiger partial charge in [-0.25, -0.2) is 0 Å². The SMILES string of the molecule is CCCCCCCCC/C=C\CCCCCCCCCC(=O)NC(COC1OC(CO)C(O)C(O)C1O)C(O)/C=C/CC/C=C/CC/C=C/CCCCCCCCCCCCCCCCCCC. The number of carbonyl (C=O) groups is 1. The van der Waals surface area contributed by atoms with Crippen LogP contribution in [-0.4, -0.2) is 87.5 Å². The maximum atomic E-state index is 13.0. The van der Waals surface area contributed by atoms with Gasteiger partial charge in [0, 0.05) is 6.42 Å². The van der Waals surface area contributed by atoms with Gasteiger partial charge in [0.25, 0.3) is 0 Å². The van der Waals surface area contributed by atoms with Crippen molar-refractivity contribution >= 4 is 5.91 Å². The Bertz CT molecular complexity index is 1210. The van der Waals surface area contributed by atoms with Crippen molar-refractivity contribution < 1.29 is 39.8 Å². The minimum atomic E-state index is -1.58. The second kappa shape index (κ2) is 48.8. The first-order valence-corrected chi connectivity index (χ1v) is 28.9. The summed E-state index contributed by atoms with van der Waals surface area (Å²) >= 11 is 0. The van der Waals surface area contributed by atoms with E-state index in [0.717, 1.165) is 57.8 Å². The van der Waals surface area contributed by atoms with Crippen LogP contribution < -0.4 is 5.32 Å². The van der Waals surface area contributed by atoms with Gasteiger partial charge in [-0.2, -0.15) is 0 Å². The zero-order chi connectivity index (χ0) is 49.4. The van der Waals surface area contributed by atoms with Crippen LogP contribution in [0.3, 0.4) is 0 Å². The molecular formula is C59H109NO8. The van der Waals surface area contributed by atoms with Crippen molar-refractivity contribution in [3.05, 3.63) is 48.6 Å². The van der Waals surface area contributed by atoms with Crippen LogP contribution in [0.1, 0.15) is 264 Å². The van der Waals surface area contributed by atoms with E-state index < -0.39 is 49.5 Å². The van der Waals surface area contributed by atoms with Crippen LogP contribution in [0, 0.1) is 0 Å². The fraction of sp³-hybridized carbons (Fsp3) is 0.847. The van der Waals surface area contributed by atoms with Crippen LogP contribution in [-0.2, 0) is 14.3 Å². The second-order valence-corrected chi connectivity index (χ2v) is 20.1. The van der Waals surface area contributed by atoms with Crippen molar-refractivity contribution in [1.82, 2.24) is 5.32 Å². The predicted molar refractivity (Wildman–Crippen MR) is 286 cm³/mol. The lowest BCUT2D eigenvalue weighted by molar-refractivity contribution is -0.302. The quantitative estimate of drug-likeness (QED) is 0.0261. The Morgan fingerprint density at radius 3 is 1.24 bits per heavy atom. The maximum absolute atomic E-state index is 13.0. The molecule has 1 saturated heterocycles. The van der Waals surface area contributed by atoms with Gasteiger partial charge < -0.3 is 40.3 Å². The van der Waals surface area contributed by atoms with Gasteiger partial charge in [0.15, 0.2) is 6.29 Å². The third-order valence-corrected chi connectivity index (χ3v) is 13.6. The van der Waals surface area contributed by atoms with Gasteiger partial charge in [0.05, 0.1) is 25.4 Å². The van der Waals surface area contributed by atoms with Crippen molar-refractivity contribution in [2.24, 2.45) is 0 Å². The van der Waals surface area contributed by atoms with Crippen molar-refractivity contribution in [3.8, 4) is 0 Å². The number of hydrogen-bond donors (Lipinski definition) is 6. The Balaban J connectivity index is 2.26. The van der Waals surface area contributed by atoms with E-state index in [1.54, 1.807) is 6.08 Å². The zero-order valence-electron chi connectivity index (χ0n) is 44.1. The van der Waals surface area contributed by atoms with Gasteiger partial charge in [-0.15, -0.1) is 0 Å². The Hall–Kier alpha value is -1.85. The molecule has 7 atom stereocenters. The molecular weight excluding hydrogens is 851 g/mol. The van der Waals surface area contributed by atoms with E-state index in [1.165, 1.54) is 186 Å². The lowest BCUT2D eigenvalue weighted by Crippen LogP contribution is -2.60. The first-order chi connectivity index (χ1) is 33.3. The summed E-state index contributed by atoms with van der Waals surface area (Å²) in [6, 6.07) is -0.831. The molecule has 0 aliphatic carbocycles. The van der Waals surface area contributed by atoms with E-state index in [0.29, 0.717) is 6.42 Å². The number of nitrogens with one attached hydrogen (secondary N) is 1. The first-order valence-electron chi connectivity index (χ1n) is 28.9. The van der Waals surface area contributed by atoms with Crippen molar-refractivity contribution in [2.75, 3.05) is 13.2 Å². The average Bonchev–Trinajstić information content (AvgIpc) is 3.34. The highest BCUT2D eigenvalue weighted by Crippen LogP contribution is 2.23. The van der Waals surface area contributed by atoms with Crippen LogP contribution in [0.15, 0.2) is 48.6 Å². The molecule has 1 rings (SSSR count). The Kier molecular flexibility index (Phi) is 46.0. The lowest BCUT2D eigenvalue weighted by Gasteiger charge is -2.40. The summed E-state index contributed by atoms with van der Waals surface area (Å²) in [5.74, 6) is -0.194. The number of carbonyl (C=O) groups excluding carboxylic acids is 1. The van der Waals surface area contributed by atoms with Crippen molar-refractivity contribution in [2.45, 2.75) is 307 Å². The summed E-state index contributed by atoms with van der Waals surface area (Å²) in [5.41, 5.74) is 0. The number of aliphatic hydroxyl groups excluding tert-OH is 5. The van der Waals surface area contributed by atoms with Gasteiger partial charge in [-0.3, -0.25) is 4.79 Å². The summed E-state index contributed by atoms with van der Waals surface area (Å²) in [7, 11) is 0. The molecule has 7 unspecified atom stereocenters.